The number of amides is 1. The topological polar surface area (TPSA) is 77.0 Å². The minimum atomic E-state index is -0.426. The molecule has 0 unspecified atom stereocenters. The van der Waals surface area contributed by atoms with Crippen LogP contribution in [0.1, 0.15) is 4.88 Å². The molecule has 3 rings (SSSR count). The van der Waals surface area contributed by atoms with E-state index in [0.29, 0.717) is 11.7 Å². The van der Waals surface area contributed by atoms with Crippen molar-refractivity contribution >= 4 is 29.0 Å². The third-order valence-corrected chi connectivity index (χ3v) is 5.29. The van der Waals surface area contributed by atoms with E-state index in [1.807, 2.05) is 17.5 Å². The minimum Gasteiger partial charge on any atom is -0.340 e. The molecule has 0 fully saturated rings. The van der Waals surface area contributed by atoms with Crippen LogP contribution in [0.2, 0.25) is 0 Å². The zero-order chi connectivity index (χ0) is 17.8. The summed E-state index contributed by atoms with van der Waals surface area (Å²) in [5.74, 6) is 5.88. The number of carbonyl (C=O) groups excluding carboxylic acids is 1. The van der Waals surface area contributed by atoms with Gasteiger partial charge in [0.15, 0.2) is 5.82 Å². The van der Waals surface area contributed by atoms with Crippen molar-refractivity contribution in [1.82, 2.24) is 19.8 Å². The molecule has 0 aliphatic rings. The van der Waals surface area contributed by atoms with E-state index < -0.39 is 5.82 Å². The maximum atomic E-state index is 13.9. The number of hydrogen-bond donors (Lipinski definition) is 1. The molecule has 25 heavy (non-hydrogen) atoms. The summed E-state index contributed by atoms with van der Waals surface area (Å²) >= 11 is 2.78. The molecule has 0 radical (unpaired) electrons. The Hall–Kier alpha value is -2.39. The van der Waals surface area contributed by atoms with Crippen LogP contribution in [0.4, 0.5) is 4.39 Å². The number of thiophene rings is 1. The van der Waals surface area contributed by atoms with Gasteiger partial charge >= 0.3 is 0 Å². The Labute approximate surface area is 152 Å². The van der Waals surface area contributed by atoms with Gasteiger partial charge in [0.25, 0.3) is 0 Å². The summed E-state index contributed by atoms with van der Waals surface area (Å²) in [6.07, 6.45) is 0. The summed E-state index contributed by atoms with van der Waals surface area (Å²) in [6, 6.07) is 10.1. The molecule has 0 bridgehead atoms. The SMILES string of the molecule is CN(Cc1cccs1)C(=O)CSc1nnc(-c2ccccc2F)n1N. The largest absolute Gasteiger partial charge is 0.340 e. The lowest BCUT2D eigenvalue weighted by molar-refractivity contribution is -0.127. The van der Waals surface area contributed by atoms with Crippen molar-refractivity contribution < 1.29 is 9.18 Å². The third-order valence-electron chi connectivity index (χ3n) is 3.50. The second kappa shape index (κ2) is 7.66. The van der Waals surface area contributed by atoms with Gasteiger partial charge in [-0.1, -0.05) is 30.0 Å². The highest BCUT2D eigenvalue weighted by Crippen LogP contribution is 2.24. The molecule has 2 heterocycles. The quantitative estimate of drug-likeness (QED) is 0.528. The van der Waals surface area contributed by atoms with Crippen LogP contribution in [-0.2, 0) is 11.3 Å². The predicted molar refractivity (Wildman–Crippen MR) is 97.1 cm³/mol. The fourth-order valence-electron chi connectivity index (χ4n) is 2.16. The van der Waals surface area contributed by atoms with Crippen LogP contribution in [0.15, 0.2) is 46.9 Å². The summed E-state index contributed by atoms with van der Waals surface area (Å²) in [4.78, 5) is 15.0. The van der Waals surface area contributed by atoms with Crippen LogP contribution in [-0.4, -0.2) is 38.5 Å². The highest BCUT2D eigenvalue weighted by molar-refractivity contribution is 7.99. The maximum Gasteiger partial charge on any atom is 0.233 e. The fourth-order valence-corrected chi connectivity index (χ4v) is 3.72. The number of nitrogens with two attached hydrogens (primary N) is 1. The molecular formula is C16H16FN5OS2. The van der Waals surface area contributed by atoms with Gasteiger partial charge < -0.3 is 10.7 Å². The van der Waals surface area contributed by atoms with Gasteiger partial charge in [0.2, 0.25) is 11.1 Å². The molecule has 0 aliphatic carbocycles. The second-order valence-electron chi connectivity index (χ2n) is 5.27. The zero-order valence-corrected chi connectivity index (χ0v) is 15.1. The Morgan fingerprint density at radius 1 is 1.32 bits per heavy atom. The van der Waals surface area contributed by atoms with E-state index in [1.165, 1.54) is 22.5 Å². The number of nitrogens with zero attached hydrogens (tertiary/aromatic N) is 4. The van der Waals surface area contributed by atoms with Gasteiger partial charge in [0, 0.05) is 11.9 Å². The number of thioether (sulfide) groups is 1. The summed E-state index contributed by atoms with van der Waals surface area (Å²) < 4.78 is 15.1. The van der Waals surface area contributed by atoms with Gasteiger partial charge in [-0.2, -0.15) is 0 Å². The lowest BCUT2D eigenvalue weighted by Gasteiger charge is -2.15. The molecule has 6 nitrogen and oxygen atoms in total. The Morgan fingerprint density at radius 3 is 2.84 bits per heavy atom. The number of aromatic nitrogens is 3. The highest BCUT2D eigenvalue weighted by atomic mass is 32.2. The first-order chi connectivity index (χ1) is 12.1. The average Bonchev–Trinajstić information content (AvgIpc) is 3.23. The molecule has 2 N–H and O–H groups in total. The number of nitrogen functional groups attached to an aromatic ring is 1. The molecule has 2 aromatic heterocycles. The first-order valence-corrected chi connectivity index (χ1v) is 9.27. The number of rotatable bonds is 6. The Bertz CT molecular complexity index is 865. The molecular weight excluding hydrogens is 361 g/mol. The zero-order valence-electron chi connectivity index (χ0n) is 13.4. The molecule has 9 heteroatoms. The number of hydrogen-bond acceptors (Lipinski definition) is 6. The highest BCUT2D eigenvalue weighted by Gasteiger charge is 2.17. The monoisotopic (exact) mass is 377 g/mol. The van der Waals surface area contributed by atoms with E-state index in [4.69, 9.17) is 5.84 Å². The van der Waals surface area contributed by atoms with Crippen LogP contribution in [0.25, 0.3) is 11.4 Å². The van der Waals surface area contributed by atoms with Gasteiger partial charge in [0.05, 0.1) is 17.9 Å². The van der Waals surface area contributed by atoms with Gasteiger partial charge in [-0.25, -0.2) is 9.07 Å². The van der Waals surface area contributed by atoms with Gasteiger partial charge in [0.1, 0.15) is 5.82 Å². The Balaban J connectivity index is 1.64. The second-order valence-corrected chi connectivity index (χ2v) is 7.25. The molecule has 0 aliphatic heterocycles. The van der Waals surface area contributed by atoms with E-state index in [-0.39, 0.29) is 23.0 Å². The summed E-state index contributed by atoms with van der Waals surface area (Å²) in [5.41, 5.74) is 0.269. The van der Waals surface area contributed by atoms with Gasteiger partial charge in [-0.3, -0.25) is 4.79 Å². The Kier molecular flexibility index (Phi) is 5.34. The lowest BCUT2D eigenvalue weighted by atomic mass is 10.2. The smallest absolute Gasteiger partial charge is 0.233 e. The normalized spacial score (nSPS) is 10.8. The van der Waals surface area contributed by atoms with Crippen LogP contribution in [0.5, 0.6) is 0 Å². The van der Waals surface area contributed by atoms with Crippen molar-refractivity contribution in [2.45, 2.75) is 11.7 Å². The van der Waals surface area contributed by atoms with E-state index in [9.17, 15) is 9.18 Å². The third kappa shape index (κ3) is 3.99. The van der Waals surface area contributed by atoms with Crippen LogP contribution >= 0.6 is 23.1 Å². The first kappa shape index (κ1) is 17.4. The minimum absolute atomic E-state index is 0.0474. The van der Waals surface area contributed by atoms with Crippen LogP contribution < -0.4 is 5.84 Å². The van der Waals surface area contributed by atoms with Crippen LogP contribution in [0.3, 0.4) is 0 Å². The van der Waals surface area contributed by atoms with E-state index in [2.05, 4.69) is 10.2 Å². The molecule has 0 atom stereocenters. The van der Waals surface area contributed by atoms with Crippen molar-refractivity contribution in [2.75, 3.05) is 18.6 Å². The first-order valence-electron chi connectivity index (χ1n) is 7.41. The summed E-state index contributed by atoms with van der Waals surface area (Å²) in [7, 11) is 1.75. The standard InChI is InChI=1S/C16H16FN5OS2/c1-21(9-11-5-4-8-24-11)14(23)10-25-16-20-19-15(22(16)18)12-6-2-3-7-13(12)17/h2-8H,9-10,18H2,1H3. The van der Waals surface area contributed by atoms with Gasteiger partial charge in [-0.15, -0.1) is 21.5 Å². The van der Waals surface area contributed by atoms with E-state index >= 15 is 0 Å². The molecule has 130 valence electrons. The van der Waals surface area contributed by atoms with E-state index in [1.54, 1.807) is 41.5 Å². The number of benzene rings is 1. The molecule has 3 aromatic rings. The summed E-state index contributed by atoms with van der Waals surface area (Å²) in [5, 5.41) is 10.2. The van der Waals surface area contributed by atoms with Crippen molar-refractivity contribution in [2.24, 2.45) is 0 Å². The van der Waals surface area contributed by atoms with Crippen LogP contribution in [0, 0.1) is 5.82 Å². The number of halogens is 1. The average molecular weight is 377 g/mol. The molecule has 0 saturated carbocycles. The molecule has 0 spiro atoms. The van der Waals surface area contributed by atoms with E-state index in [0.717, 1.165) is 4.88 Å². The predicted octanol–water partition coefficient (Wildman–Crippen LogP) is 2.61. The molecule has 0 saturated heterocycles. The maximum absolute atomic E-state index is 13.9. The van der Waals surface area contributed by atoms with Gasteiger partial charge in [-0.05, 0) is 23.6 Å². The summed E-state index contributed by atoms with van der Waals surface area (Å²) in [6.45, 7) is 0.562. The fraction of sp³-hybridized carbons (Fsp3) is 0.188. The van der Waals surface area contributed by atoms with Crippen molar-refractivity contribution in [1.29, 1.82) is 0 Å². The molecule has 1 amide bonds. The van der Waals surface area contributed by atoms with Crippen molar-refractivity contribution in [3.8, 4) is 11.4 Å². The lowest BCUT2D eigenvalue weighted by Crippen LogP contribution is -2.27. The molecule has 1 aromatic carbocycles. The number of carbonyl (C=O) groups is 1. The van der Waals surface area contributed by atoms with Crippen molar-refractivity contribution in [3.63, 3.8) is 0 Å². The Morgan fingerprint density at radius 2 is 2.12 bits per heavy atom. The van der Waals surface area contributed by atoms with Crippen molar-refractivity contribution in [3.05, 3.63) is 52.5 Å².